The van der Waals surface area contributed by atoms with Crippen LogP contribution in [0, 0.1) is 0 Å². The number of aliphatic hydroxyl groups excluding tert-OH is 2. The van der Waals surface area contributed by atoms with E-state index < -0.39 is 12.1 Å². The number of hydrogen-bond donors (Lipinski definition) is 3. The first-order valence-corrected chi connectivity index (χ1v) is 28.0. The highest BCUT2D eigenvalue weighted by Crippen LogP contribution is 2.14. The normalized spacial score (nSPS) is 14.0. The second kappa shape index (κ2) is 57.6. The molecule has 0 heterocycles. The molecule has 384 valence electrons. The fourth-order valence-corrected chi connectivity index (χ4v) is 7.55. The van der Waals surface area contributed by atoms with E-state index in [4.69, 9.17) is 0 Å². The van der Waals surface area contributed by atoms with E-state index in [0.29, 0.717) is 6.42 Å². The molecule has 68 heavy (non-hydrogen) atoms. The maximum Gasteiger partial charge on any atom is 0.220 e. The summed E-state index contributed by atoms with van der Waals surface area (Å²) in [5, 5.41) is 23.1. The second-order valence-electron chi connectivity index (χ2n) is 18.2. The first-order chi connectivity index (χ1) is 33.7. The topological polar surface area (TPSA) is 69.6 Å². The molecular weight excluding hydrogens is 831 g/mol. The molecule has 2 atom stereocenters. The Morgan fingerprint density at radius 3 is 1.03 bits per heavy atom. The van der Waals surface area contributed by atoms with Gasteiger partial charge in [-0.1, -0.05) is 256 Å². The number of nitrogens with one attached hydrogen (secondary N) is 1. The van der Waals surface area contributed by atoms with Crippen LogP contribution < -0.4 is 5.32 Å². The fraction of sp³-hybridized carbons (Fsp3) is 0.609. The van der Waals surface area contributed by atoms with Crippen molar-refractivity contribution < 1.29 is 15.0 Å². The number of unbranched alkanes of at least 4 members (excludes halogenated alkanes) is 20. The SMILES string of the molecule is CC/C=C\C/C=C\C/C=C\C/C=C\C/C=C\C/C=C\C/C=C\C/C=C\C/C=C\CCCCCCCCCCCCCC(=O)NC(CO)C(O)/C=C/CC/C=C/CC/C=C/CCCCCCCCC. The summed E-state index contributed by atoms with van der Waals surface area (Å²) in [5.41, 5.74) is 0. The lowest BCUT2D eigenvalue weighted by molar-refractivity contribution is -0.123. The highest BCUT2D eigenvalue weighted by molar-refractivity contribution is 5.76. The van der Waals surface area contributed by atoms with E-state index in [1.54, 1.807) is 6.08 Å². The van der Waals surface area contributed by atoms with Crippen LogP contribution in [0.4, 0.5) is 0 Å². The van der Waals surface area contributed by atoms with Gasteiger partial charge in [-0.15, -0.1) is 0 Å². The van der Waals surface area contributed by atoms with Gasteiger partial charge in [0.2, 0.25) is 5.91 Å². The highest BCUT2D eigenvalue weighted by atomic mass is 16.3. The molecule has 0 saturated carbocycles. The summed E-state index contributed by atoms with van der Waals surface area (Å²) < 4.78 is 0. The van der Waals surface area contributed by atoms with Gasteiger partial charge in [0.1, 0.15) is 0 Å². The van der Waals surface area contributed by atoms with Gasteiger partial charge in [-0.3, -0.25) is 4.79 Å². The predicted octanol–water partition coefficient (Wildman–Crippen LogP) is 18.8. The molecule has 0 aromatic heterocycles. The van der Waals surface area contributed by atoms with E-state index in [1.807, 2.05) is 6.08 Å². The summed E-state index contributed by atoms with van der Waals surface area (Å²) in [5.74, 6) is -0.0874. The van der Waals surface area contributed by atoms with Gasteiger partial charge >= 0.3 is 0 Å². The summed E-state index contributed by atoms with van der Waals surface area (Å²) in [7, 11) is 0. The number of allylic oxidation sites excluding steroid dienone is 23. The van der Waals surface area contributed by atoms with Crippen molar-refractivity contribution in [2.45, 2.75) is 244 Å². The minimum Gasteiger partial charge on any atom is -0.394 e. The van der Waals surface area contributed by atoms with E-state index in [0.717, 1.165) is 103 Å². The third kappa shape index (κ3) is 53.2. The largest absolute Gasteiger partial charge is 0.394 e. The van der Waals surface area contributed by atoms with Crippen molar-refractivity contribution in [1.29, 1.82) is 0 Å². The first kappa shape index (κ1) is 64.3. The van der Waals surface area contributed by atoms with E-state index in [1.165, 1.54) is 109 Å². The standard InChI is InChI=1S/C64H105NO3/c1-3-5-7-9-11-13-15-17-19-21-22-23-24-25-26-27-28-29-30-31-32-33-34-35-36-37-38-39-40-41-42-44-46-48-50-52-54-56-58-60-64(68)65-62(61-66)63(67)59-57-55-53-51-49-47-45-43-20-18-16-14-12-10-8-6-4-2/h5,7,11,13,17,19-20,22-23,25-26,28-29,31-32,34-35,37-38,43,49,51,57,59,62-63,66-67H,3-4,6,8-10,12,14-16,18,21,24,27,30,33,36,39-42,44-48,50,52-56,58,60-61H2,1-2H3,(H,65,68)/b7-5-,13-11-,19-17-,23-22-,26-25-,29-28-,32-31-,35-34-,38-37-,43-20+,51-49+,59-57+. The predicted molar refractivity (Wildman–Crippen MR) is 303 cm³/mol. The summed E-state index contributed by atoms with van der Waals surface area (Å²) in [6.07, 6.45) is 91.4. The quantitative estimate of drug-likeness (QED) is 0.0420. The maximum atomic E-state index is 12.5. The van der Waals surface area contributed by atoms with Gasteiger partial charge in [0.15, 0.2) is 0 Å². The maximum absolute atomic E-state index is 12.5. The Kier molecular flexibility index (Phi) is 54.4. The Morgan fingerprint density at radius 2 is 0.662 bits per heavy atom. The van der Waals surface area contributed by atoms with Crippen molar-refractivity contribution >= 4 is 5.91 Å². The average Bonchev–Trinajstić information content (AvgIpc) is 3.34. The molecular formula is C64H105NO3. The Labute approximate surface area is 421 Å². The zero-order valence-corrected chi connectivity index (χ0v) is 44.1. The summed E-state index contributed by atoms with van der Waals surface area (Å²) in [6.45, 7) is 4.16. The van der Waals surface area contributed by atoms with Crippen LogP contribution in [0.25, 0.3) is 0 Å². The van der Waals surface area contributed by atoms with Crippen LogP contribution in [-0.4, -0.2) is 34.9 Å². The number of rotatable bonds is 49. The van der Waals surface area contributed by atoms with Crippen molar-refractivity contribution in [3.8, 4) is 0 Å². The van der Waals surface area contributed by atoms with Crippen LogP contribution in [0.2, 0.25) is 0 Å². The molecule has 2 unspecified atom stereocenters. The molecule has 0 rings (SSSR count). The lowest BCUT2D eigenvalue weighted by atomic mass is 10.0. The lowest BCUT2D eigenvalue weighted by Gasteiger charge is -2.19. The molecule has 0 bridgehead atoms. The van der Waals surface area contributed by atoms with Crippen LogP contribution in [0.3, 0.4) is 0 Å². The smallest absolute Gasteiger partial charge is 0.220 e. The number of carbonyl (C=O) groups is 1. The molecule has 1 amide bonds. The minimum absolute atomic E-state index is 0.0874. The Bertz CT molecular complexity index is 1430. The van der Waals surface area contributed by atoms with Gasteiger partial charge in [-0.2, -0.15) is 0 Å². The molecule has 0 aromatic carbocycles. The van der Waals surface area contributed by atoms with Crippen molar-refractivity contribution in [2.75, 3.05) is 6.61 Å². The molecule has 0 radical (unpaired) electrons. The Hall–Kier alpha value is -3.73. The molecule has 4 heteroatoms. The third-order valence-corrected chi connectivity index (χ3v) is 11.8. The van der Waals surface area contributed by atoms with Gasteiger partial charge in [-0.05, 0) is 116 Å². The Morgan fingerprint density at radius 1 is 0.368 bits per heavy atom. The van der Waals surface area contributed by atoms with E-state index >= 15 is 0 Å². The van der Waals surface area contributed by atoms with Gasteiger partial charge in [0.05, 0.1) is 18.8 Å². The van der Waals surface area contributed by atoms with Gasteiger partial charge in [-0.25, -0.2) is 0 Å². The minimum atomic E-state index is -0.881. The van der Waals surface area contributed by atoms with Crippen LogP contribution in [0.15, 0.2) is 146 Å². The zero-order valence-electron chi connectivity index (χ0n) is 44.1. The molecule has 0 spiro atoms. The van der Waals surface area contributed by atoms with Crippen molar-refractivity contribution in [3.05, 3.63) is 146 Å². The lowest BCUT2D eigenvalue weighted by Crippen LogP contribution is -2.45. The van der Waals surface area contributed by atoms with Gasteiger partial charge < -0.3 is 15.5 Å². The monoisotopic (exact) mass is 936 g/mol. The highest BCUT2D eigenvalue weighted by Gasteiger charge is 2.17. The first-order valence-electron chi connectivity index (χ1n) is 28.0. The molecule has 0 fully saturated rings. The number of amides is 1. The van der Waals surface area contributed by atoms with Crippen LogP contribution >= 0.6 is 0 Å². The van der Waals surface area contributed by atoms with E-state index in [-0.39, 0.29) is 12.5 Å². The molecule has 0 aliphatic rings. The molecule has 0 saturated heterocycles. The molecule has 0 aromatic rings. The molecule has 3 N–H and O–H groups in total. The fourth-order valence-electron chi connectivity index (χ4n) is 7.55. The number of carbonyl (C=O) groups excluding carboxylic acids is 1. The third-order valence-electron chi connectivity index (χ3n) is 11.8. The van der Waals surface area contributed by atoms with Crippen molar-refractivity contribution in [2.24, 2.45) is 0 Å². The number of aliphatic hydroxyl groups is 2. The van der Waals surface area contributed by atoms with Crippen molar-refractivity contribution in [1.82, 2.24) is 5.32 Å². The van der Waals surface area contributed by atoms with Gasteiger partial charge in [0.25, 0.3) is 0 Å². The van der Waals surface area contributed by atoms with Crippen LogP contribution in [-0.2, 0) is 4.79 Å². The number of hydrogen-bond acceptors (Lipinski definition) is 3. The van der Waals surface area contributed by atoms with Crippen LogP contribution in [0.1, 0.15) is 232 Å². The molecule has 0 aliphatic heterocycles. The summed E-state index contributed by atoms with van der Waals surface area (Å²) >= 11 is 0. The van der Waals surface area contributed by atoms with E-state index in [9.17, 15) is 15.0 Å². The average molecular weight is 937 g/mol. The van der Waals surface area contributed by atoms with E-state index in [2.05, 4.69) is 153 Å². The summed E-state index contributed by atoms with van der Waals surface area (Å²) in [4.78, 5) is 12.5. The molecule has 4 nitrogen and oxygen atoms in total. The van der Waals surface area contributed by atoms with Crippen molar-refractivity contribution in [3.63, 3.8) is 0 Å². The second-order valence-corrected chi connectivity index (χ2v) is 18.2. The molecule has 0 aliphatic carbocycles. The van der Waals surface area contributed by atoms with Crippen LogP contribution in [0.5, 0.6) is 0 Å². The summed E-state index contributed by atoms with van der Waals surface area (Å²) in [6, 6.07) is -0.657. The van der Waals surface area contributed by atoms with Gasteiger partial charge in [0, 0.05) is 6.42 Å². The Balaban J connectivity index is 3.64. The zero-order chi connectivity index (χ0) is 49.2.